The van der Waals surface area contributed by atoms with E-state index in [0.29, 0.717) is 5.92 Å². The first-order valence-electron chi connectivity index (χ1n) is 10.6. The average Bonchev–Trinajstić information content (AvgIpc) is 2.73. The first kappa shape index (κ1) is 23.7. The minimum atomic E-state index is -0.404. The smallest absolute Gasteiger partial charge is 0.331 e. The van der Waals surface area contributed by atoms with Gasteiger partial charge in [-0.25, -0.2) is 9.59 Å². The predicted molar refractivity (Wildman–Crippen MR) is 121 cm³/mol. The van der Waals surface area contributed by atoms with Gasteiger partial charge in [0.1, 0.15) is 12.7 Å². The molecule has 0 N–H and O–H groups in total. The molecule has 0 aromatic carbocycles. The van der Waals surface area contributed by atoms with Crippen molar-refractivity contribution >= 4 is 11.9 Å². The summed E-state index contributed by atoms with van der Waals surface area (Å²) in [6.07, 6.45) is 15.2. The summed E-state index contributed by atoms with van der Waals surface area (Å²) in [5.41, 5.74) is 4.61. The van der Waals surface area contributed by atoms with Gasteiger partial charge in [-0.15, -0.1) is 0 Å². The molecule has 4 nitrogen and oxygen atoms in total. The average molecular weight is 411 g/mol. The van der Waals surface area contributed by atoms with Crippen molar-refractivity contribution in [3.63, 3.8) is 0 Å². The molecule has 2 aliphatic carbocycles. The number of carbonyl (C=O) groups excluding carboxylic acids is 2. The van der Waals surface area contributed by atoms with Crippen LogP contribution in [0.25, 0.3) is 0 Å². The maximum atomic E-state index is 12.0. The van der Waals surface area contributed by atoms with Crippen LogP contribution in [0.15, 0.2) is 71.9 Å². The van der Waals surface area contributed by atoms with Gasteiger partial charge in [-0.3, -0.25) is 0 Å². The molecule has 0 amide bonds. The number of carbonyl (C=O) groups is 2. The van der Waals surface area contributed by atoms with Gasteiger partial charge in [0, 0.05) is 12.2 Å². The fourth-order valence-corrected chi connectivity index (χ4v) is 3.78. The Labute approximate surface area is 180 Å². The van der Waals surface area contributed by atoms with E-state index in [4.69, 9.17) is 9.47 Å². The third-order valence-electron chi connectivity index (χ3n) is 6.01. The fraction of sp³-hybridized carbons (Fsp3) is 0.462. The molecular weight excluding hydrogens is 376 g/mol. The molecule has 0 aromatic rings. The van der Waals surface area contributed by atoms with Gasteiger partial charge < -0.3 is 9.47 Å². The molecule has 2 rings (SSSR count). The number of rotatable bonds is 8. The molecule has 0 saturated carbocycles. The first-order chi connectivity index (χ1) is 14.3. The summed E-state index contributed by atoms with van der Waals surface area (Å²) < 4.78 is 10.8. The minimum Gasteiger partial charge on any atom is -0.458 e. The van der Waals surface area contributed by atoms with E-state index in [0.717, 1.165) is 48.8 Å². The van der Waals surface area contributed by atoms with Crippen LogP contribution in [-0.4, -0.2) is 24.6 Å². The Hall–Kier alpha value is -2.62. The molecule has 0 unspecified atom stereocenters. The van der Waals surface area contributed by atoms with Crippen LogP contribution in [0.2, 0.25) is 0 Å². The van der Waals surface area contributed by atoms with Gasteiger partial charge in [0.2, 0.25) is 0 Å². The van der Waals surface area contributed by atoms with Crippen molar-refractivity contribution in [1.82, 2.24) is 0 Å². The lowest BCUT2D eigenvalue weighted by Gasteiger charge is -2.28. The third-order valence-corrected chi connectivity index (χ3v) is 6.01. The Morgan fingerprint density at radius 3 is 2.57 bits per heavy atom. The zero-order valence-electron chi connectivity index (χ0n) is 18.5. The number of hydrogen-bond donors (Lipinski definition) is 0. The van der Waals surface area contributed by atoms with E-state index in [1.807, 2.05) is 19.9 Å². The van der Waals surface area contributed by atoms with Gasteiger partial charge in [0.15, 0.2) is 0 Å². The summed E-state index contributed by atoms with van der Waals surface area (Å²) in [6, 6.07) is 0. The van der Waals surface area contributed by atoms with E-state index < -0.39 is 5.97 Å². The van der Waals surface area contributed by atoms with Crippen molar-refractivity contribution in [3.8, 4) is 0 Å². The van der Waals surface area contributed by atoms with Crippen LogP contribution in [0, 0.1) is 11.8 Å². The Morgan fingerprint density at radius 2 is 1.90 bits per heavy atom. The first-order valence-corrected chi connectivity index (χ1v) is 10.6. The fourth-order valence-electron chi connectivity index (χ4n) is 3.78. The Morgan fingerprint density at radius 1 is 1.17 bits per heavy atom. The van der Waals surface area contributed by atoms with Crippen LogP contribution in [-0.2, 0) is 19.1 Å². The number of ether oxygens (including phenoxy) is 2. The molecule has 0 fully saturated rings. The normalized spacial score (nSPS) is 24.6. The molecule has 0 heterocycles. The zero-order valence-corrected chi connectivity index (χ0v) is 18.5. The Bertz CT molecular complexity index is 794. The largest absolute Gasteiger partial charge is 0.458 e. The SMILES string of the molecule is C=CC(=O)O[C@H]1C[C@H](/C(C)=C\C=C\C(=O)OCC(=C)[C@H]2CC=C(C)CC2)CC=C1C. The molecule has 0 aliphatic heterocycles. The topological polar surface area (TPSA) is 52.6 Å². The summed E-state index contributed by atoms with van der Waals surface area (Å²) >= 11 is 0. The molecule has 0 saturated heterocycles. The maximum absolute atomic E-state index is 12.0. The monoisotopic (exact) mass is 410 g/mol. The predicted octanol–water partition coefficient (Wildman–Crippen LogP) is 5.79. The number of esters is 2. The minimum absolute atomic E-state index is 0.226. The molecular formula is C26H34O4. The second-order valence-corrected chi connectivity index (χ2v) is 8.30. The van der Waals surface area contributed by atoms with Crippen LogP contribution in [0.5, 0.6) is 0 Å². The van der Waals surface area contributed by atoms with Crippen molar-refractivity contribution < 1.29 is 19.1 Å². The standard InChI is InChI=1S/C26H34O4/c1-6-25(27)30-24-16-23(15-12-20(24)4)19(3)8-7-9-26(28)29-17-21(5)22-13-10-18(2)11-14-22/h6-10,12,22-24H,1,5,11,13-17H2,2-4H3/b9-7+,19-8-/t22-,23+,24-/m0/s1. The molecule has 30 heavy (non-hydrogen) atoms. The highest BCUT2D eigenvalue weighted by Gasteiger charge is 2.25. The quantitative estimate of drug-likeness (QED) is 0.220. The van der Waals surface area contributed by atoms with E-state index >= 15 is 0 Å². The summed E-state index contributed by atoms with van der Waals surface area (Å²) in [6.45, 7) is 14.0. The van der Waals surface area contributed by atoms with Crippen LogP contribution in [0.1, 0.15) is 52.9 Å². The second kappa shape index (κ2) is 11.5. The highest BCUT2D eigenvalue weighted by Crippen LogP contribution is 2.31. The lowest BCUT2D eigenvalue weighted by atomic mass is 9.83. The van der Waals surface area contributed by atoms with Gasteiger partial charge >= 0.3 is 11.9 Å². The van der Waals surface area contributed by atoms with E-state index in [2.05, 4.69) is 32.2 Å². The van der Waals surface area contributed by atoms with Crippen LogP contribution < -0.4 is 0 Å². The Balaban J connectivity index is 1.81. The molecule has 0 radical (unpaired) electrons. The third kappa shape index (κ3) is 7.33. The van der Waals surface area contributed by atoms with Gasteiger partial charge in [0.25, 0.3) is 0 Å². The molecule has 162 valence electrons. The molecule has 4 heteroatoms. The summed E-state index contributed by atoms with van der Waals surface area (Å²) in [4.78, 5) is 23.5. The highest BCUT2D eigenvalue weighted by molar-refractivity contribution is 5.82. The molecule has 0 spiro atoms. The summed E-state index contributed by atoms with van der Waals surface area (Å²) in [7, 11) is 0. The lowest BCUT2D eigenvalue weighted by Crippen LogP contribution is -2.25. The van der Waals surface area contributed by atoms with Crippen molar-refractivity contribution in [2.45, 2.75) is 59.0 Å². The van der Waals surface area contributed by atoms with Gasteiger partial charge in [-0.1, -0.05) is 48.6 Å². The Kier molecular flexibility index (Phi) is 9.10. The van der Waals surface area contributed by atoms with Gasteiger partial charge in [-0.2, -0.15) is 0 Å². The highest BCUT2D eigenvalue weighted by atomic mass is 16.5. The summed E-state index contributed by atoms with van der Waals surface area (Å²) in [5.74, 6) is -0.100. The van der Waals surface area contributed by atoms with E-state index in [-0.39, 0.29) is 24.6 Å². The van der Waals surface area contributed by atoms with Crippen molar-refractivity contribution in [3.05, 3.63) is 71.9 Å². The van der Waals surface area contributed by atoms with E-state index in [9.17, 15) is 9.59 Å². The number of allylic oxidation sites excluding steroid dienone is 6. The zero-order chi connectivity index (χ0) is 22.1. The molecule has 3 atom stereocenters. The second-order valence-electron chi connectivity index (χ2n) is 8.30. The summed E-state index contributed by atoms with van der Waals surface area (Å²) in [5, 5.41) is 0. The van der Waals surface area contributed by atoms with Crippen molar-refractivity contribution in [1.29, 1.82) is 0 Å². The molecule has 0 bridgehead atoms. The van der Waals surface area contributed by atoms with Crippen molar-refractivity contribution in [2.75, 3.05) is 6.61 Å². The van der Waals surface area contributed by atoms with E-state index in [1.54, 1.807) is 6.08 Å². The lowest BCUT2D eigenvalue weighted by molar-refractivity contribution is -0.142. The van der Waals surface area contributed by atoms with Gasteiger partial charge in [-0.05, 0) is 75.9 Å². The molecule has 2 aliphatic rings. The van der Waals surface area contributed by atoms with Gasteiger partial charge in [0.05, 0.1) is 0 Å². The van der Waals surface area contributed by atoms with E-state index in [1.165, 1.54) is 17.7 Å². The van der Waals surface area contributed by atoms with Crippen LogP contribution in [0.4, 0.5) is 0 Å². The number of hydrogen-bond acceptors (Lipinski definition) is 4. The van der Waals surface area contributed by atoms with Crippen LogP contribution >= 0.6 is 0 Å². The van der Waals surface area contributed by atoms with Crippen LogP contribution in [0.3, 0.4) is 0 Å². The van der Waals surface area contributed by atoms with Crippen molar-refractivity contribution in [2.24, 2.45) is 11.8 Å². The molecule has 0 aromatic heterocycles. The maximum Gasteiger partial charge on any atom is 0.331 e.